The van der Waals surface area contributed by atoms with Crippen molar-refractivity contribution < 1.29 is 24.2 Å². The van der Waals surface area contributed by atoms with Crippen molar-refractivity contribution in [1.82, 2.24) is 15.5 Å². The first kappa shape index (κ1) is 34.4. The van der Waals surface area contributed by atoms with Crippen molar-refractivity contribution >= 4 is 17.9 Å². The smallest absolute Gasteiger partial charge is 0.408 e. The van der Waals surface area contributed by atoms with Gasteiger partial charge in [-0.25, -0.2) is 4.79 Å². The van der Waals surface area contributed by atoms with E-state index in [9.17, 15) is 19.5 Å². The average Bonchev–Trinajstić information content (AvgIpc) is 2.86. The summed E-state index contributed by atoms with van der Waals surface area (Å²) < 4.78 is 5.33. The van der Waals surface area contributed by atoms with Crippen LogP contribution in [0.2, 0.25) is 0 Å². The molecule has 0 fully saturated rings. The van der Waals surface area contributed by atoms with Gasteiger partial charge in [0.2, 0.25) is 11.8 Å². The number of alkyl carbamates (subject to hydrolysis) is 1. The second-order valence-corrected chi connectivity index (χ2v) is 11.4. The largest absolute Gasteiger partial charge is 0.444 e. The predicted octanol–water partition coefficient (Wildman–Crippen LogP) is 5.73. The van der Waals surface area contributed by atoms with Crippen LogP contribution in [0.3, 0.4) is 0 Å². The van der Waals surface area contributed by atoms with Crippen LogP contribution in [0.15, 0.2) is 18.2 Å². The number of rotatable bonds is 17. The molecule has 8 nitrogen and oxygen atoms in total. The van der Waals surface area contributed by atoms with Crippen LogP contribution in [-0.4, -0.2) is 59.3 Å². The van der Waals surface area contributed by atoms with E-state index >= 15 is 0 Å². The maximum atomic E-state index is 13.9. The fourth-order valence-electron chi connectivity index (χ4n) is 4.45. The molecule has 3 N–H and O–H groups in total. The summed E-state index contributed by atoms with van der Waals surface area (Å²) in [6.07, 6.45) is 8.22. The molecule has 1 aromatic carbocycles. The molecular formula is C31H53N3O5. The quantitative estimate of drug-likeness (QED) is 0.216. The fraction of sp³-hybridized carbons (Fsp3) is 0.710. The van der Waals surface area contributed by atoms with E-state index in [0.29, 0.717) is 19.5 Å². The second-order valence-electron chi connectivity index (χ2n) is 11.4. The third-order valence-corrected chi connectivity index (χ3v) is 6.58. The minimum Gasteiger partial charge on any atom is -0.444 e. The molecule has 0 aromatic heterocycles. The number of aliphatic hydroxyl groups excluding tert-OH is 1. The fourth-order valence-corrected chi connectivity index (χ4v) is 4.45. The van der Waals surface area contributed by atoms with Gasteiger partial charge in [0, 0.05) is 13.1 Å². The molecular weight excluding hydrogens is 494 g/mol. The van der Waals surface area contributed by atoms with Crippen LogP contribution in [0.4, 0.5) is 4.79 Å². The Hall–Kier alpha value is -2.61. The molecule has 0 heterocycles. The number of nitrogens with one attached hydrogen (secondary N) is 2. The van der Waals surface area contributed by atoms with Crippen LogP contribution in [0.25, 0.3) is 0 Å². The van der Waals surface area contributed by atoms with Crippen LogP contribution in [0.5, 0.6) is 0 Å². The van der Waals surface area contributed by atoms with Gasteiger partial charge in [0.15, 0.2) is 0 Å². The summed E-state index contributed by atoms with van der Waals surface area (Å²) in [6.45, 7) is 13.6. The molecule has 0 aliphatic rings. The summed E-state index contributed by atoms with van der Waals surface area (Å²) in [5.41, 5.74) is 1.87. The number of nitrogens with zero attached hydrogens (tertiary/aromatic N) is 1. The number of carbonyl (C=O) groups is 3. The maximum absolute atomic E-state index is 13.9. The van der Waals surface area contributed by atoms with Gasteiger partial charge in [-0.05, 0) is 58.6 Å². The summed E-state index contributed by atoms with van der Waals surface area (Å²) in [6, 6.07) is 3.76. The Morgan fingerprint density at radius 1 is 0.949 bits per heavy atom. The number of benzene rings is 1. The Balaban J connectivity index is 3.37. The molecule has 0 saturated carbocycles. The zero-order valence-electron chi connectivity index (χ0n) is 25.4. The van der Waals surface area contributed by atoms with Crippen LogP contribution >= 0.6 is 0 Å². The lowest BCUT2D eigenvalue weighted by molar-refractivity contribution is -0.143. The standard InChI is InChI=1S/C31H53N3O5/c1-8-10-12-13-14-16-20-34(29(37)26(22-35)33-30(38)39-31(5,6)7)27(28(36)32-19-15-11-9-2)25-21-23(3)17-18-24(25)4/h17-18,21,26-27,35H,8-16,19-20,22H2,1-7H3,(H,32,36)(H,33,38). The van der Waals surface area contributed by atoms with Gasteiger partial charge in [-0.3, -0.25) is 9.59 Å². The normalized spacial score (nSPS) is 12.9. The van der Waals surface area contributed by atoms with Gasteiger partial charge in [0.1, 0.15) is 17.7 Å². The molecule has 1 aromatic rings. The Morgan fingerprint density at radius 2 is 1.56 bits per heavy atom. The second kappa shape index (κ2) is 17.9. The van der Waals surface area contributed by atoms with Crippen molar-refractivity contribution in [2.24, 2.45) is 0 Å². The average molecular weight is 548 g/mol. The van der Waals surface area contributed by atoms with Gasteiger partial charge in [-0.1, -0.05) is 82.6 Å². The summed E-state index contributed by atoms with van der Waals surface area (Å²) in [5, 5.41) is 15.7. The SMILES string of the molecule is CCCCCCCCN(C(=O)C(CO)NC(=O)OC(C)(C)C)C(C(=O)NCCCCC)c1cc(C)ccc1C. The van der Waals surface area contributed by atoms with Gasteiger partial charge in [0.25, 0.3) is 0 Å². The Kier molecular flexibility index (Phi) is 15.8. The molecule has 2 unspecified atom stereocenters. The molecule has 0 bridgehead atoms. The van der Waals surface area contributed by atoms with E-state index < -0.39 is 36.3 Å². The summed E-state index contributed by atoms with van der Waals surface area (Å²) in [4.78, 5) is 41.7. The van der Waals surface area contributed by atoms with Crippen molar-refractivity contribution in [3.8, 4) is 0 Å². The third-order valence-electron chi connectivity index (χ3n) is 6.58. The highest BCUT2D eigenvalue weighted by molar-refractivity contribution is 5.92. The summed E-state index contributed by atoms with van der Waals surface area (Å²) in [7, 11) is 0. The molecule has 8 heteroatoms. The van der Waals surface area contributed by atoms with Crippen LogP contribution < -0.4 is 10.6 Å². The van der Waals surface area contributed by atoms with Crippen molar-refractivity contribution in [2.45, 2.75) is 124 Å². The molecule has 0 saturated heterocycles. The zero-order valence-corrected chi connectivity index (χ0v) is 25.4. The van der Waals surface area contributed by atoms with Crippen molar-refractivity contribution in [1.29, 1.82) is 0 Å². The first-order chi connectivity index (χ1) is 18.4. The van der Waals surface area contributed by atoms with Gasteiger partial charge in [-0.15, -0.1) is 0 Å². The molecule has 2 atom stereocenters. The number of unbranched alkanes of at least 4 members (excludes halogenated alkanes) is 7. The summed E-state index contributed by atoms with van der Waals surface area (Å²) >= 11 is 0. The van der Waals surface area contributed by atoms with Crippen LogP contribution in [-0.2, 0) is 14.3 Å². The molecule has 0 spiro atoms. The van der Waals surface area contributed by atoms with E-state index in [1.54, 1.807) is 20.8 Å². The van der Waals surface area contributed by atoms with Crippen molar-refractivity contribution in [3.63, 3.8) is 0 Å². The van der Waals surface area contributed by atoms with E-state index in [2.05, 4.69) is 24.5 Å². The molecule has 39 heavy (non-hydrogen) atoms. The highest BCUT2D eigenvalue weighted by Crippen LogP contribution is 2.27. The number of ether oxygens (including phenoxy) is 1. The topological polar surface area (TPSA) is 108 Å². The zero-order chi connectivity index (χ0) is 29.4. The third kappa shape index (κ3) is 12.9. The molecule has 0 aliphatic heterocycles. The highest BCUT2D eigenvalue weighted by atomic mass is 16.6. The maximum Gasteiger partial charge on any atom is 0.408 e. The van der Waals surface area contributed by atoms with Gasteiger partial charge in [0.05, 0.1) is 6.61 Å². The summed E-state index contributed by atoms with van der Waals surface area (Å²) in [5.74, 6) is -0.764. The molecule has 1 rings (SSSR count). The Morgan fingerprint density at radius 3 is 2.18 bits per heavy atom. The number of aliphatic hydroxyl groups is 1. The molecule has 0 aliphatic carbocycles. The van der Waals surface area contributed by atoms with Crippen LogP contribution in [0, 0.1) is 13.8 Å². The number of hydrogen-bond donors (Lipinski definition) is 3. The number of hydrogen-bond acceptors (Lipinski definition) is 5. The van der Waals surface area contributed by atoms with Crippen LogP contribution in [0.1, 0.15) is 115 Å². The van der Waals surface area contributed by atoms with Crippen molar-refractivity contribution in [3.05, 3.63) is 34.9 Å². The lowest BCUT2D eigenvalue weighted by atomic mass is 9.95. The monoisotopic (exact) mass is 547 g/mol. The highest BCUT2D eigenvalue weighted by Gasteiger charge is 2.36. The van der Waals surface area contributed by atoms with Gasteiger partial charge >= 0.3 is 6.09 Å². The van der Waals surface area contributed by atoms with Gasteiger partial charge < -0.3 is 25.4 Å². The van der Waals surface area contributed by atoms with E-state index in [4.69, 9.17) is 4.74 Å². The Bertz CT molecular complexity index is 897. The minimum absolute atomic E-state index is 0.256. The van der Waals surface area contributed by atoms with E-state index in [1.165, 1.54) is 11.3 Å². The number of amides is 3. The van der Waals surface area contributed by atoms with E-state index in [-0.39, 0.29) is 5.91 Å². The van der Waals surface area contributed by atoms with Gasteiger partial charge in [-0.2, -0.15) is 0 Å². The van der Waals surface area contributed by atoms with E-state index in [1.807, 2.05) is 32.0 Å². The van der Waals surface area contributed by atoms with E-state index in [0.717, 1.165) is 61.6 Å². The first-order valence-electron chi connectivity index (χ1n) is 14.7. The molecule has 222 valence electrons. The molecule has 0 radical (unpaired) electrons. The number of aryl methyl sites for hydroxylation is 2. The molecule has 3 amide bonds. The predicted molar refractivity (Wildman–Crippen MR) is 157 cm³/mol. The lowest BCUT2D eigenvalue weighted by Gasteiger charge is -2.35. The first-order valence-corrected chi connectivity index (χ1v) is 14.7. The Labute approximate surface area is 236 Å². The number of carbonyl (C=O) groups excluding carboxylic acids is 3. The lowest BCUT2D eigenvalue weighted by Crippen LogP contribution is -2.54. The van der Waals surface area contributed by atoms with Crippen molar-refractivity contribution in [2.75, 3.05) is 19.7 Å². The minimum atomic E-state index is -1.24.